The van der Waals surface area contributed by atoms with Crippen LogP contribution in [0.3, 0.4) is 0 Å². The zero-order valence-electron chi connectivity index (χ0n) is 20.2. The molecule has 0 saturated heterocycles. The molecule has 6 nitrogen and oxygen atoms in total. The lowest BCUT2D eigenvalue weighted by molar-refractivity contribution is -0.117. The number of carbonyl (C=O) groups excluding carboxylic acids is 2. The van der Waals surface area contributed by atoms with Crippen LogP contribution in [0, 0.1) is 5.92 Å². The maximum absolute atomic E-state index is 13.2. The number of rotatable bonds is 9. The zero-order chi connectivity index (χ0) is 24.1. The van der Waals surface area contributed by atoms with Crippen LogP contribution in [0.4, 0.5) is 5.69 Å². The second-order valence-corrected chi connectivity index (χ2v) is 9.48. The Balaban J connectivity index is 2.34. The molecule has 6 heteroatoms. The van der Waals surface area contributed by atoms with E-state index >= 15 is 0 Å². The van der Waals surface area contributed by atoms with Crippen molar-refractivity contribution in [3.8, 4) is 11.5 Å². The van der Waals surface area contributed by atoms with Gasteiger partial charge < -0.3 is 20.5 Å². The van der Waals surface area contributed by atoms with E-state index in [9.17, 15) is 9.59 Å². The minimum atomic E-state index is -0.405. The van der Waals surface area contributed by atoms with Crippen molar-refractivity contribution in [3.05, 3.63) is 53.1 Å². The number of carbonyl (C=O) groups is 2. The second kappa shape index (κ2) is 10.5. The van der Waals surface area contributed by atoms with Gasteiger partial charge in [-0.15, -0.1) is 0 Å². The number of nitrogens with one attached hydrogen (secondary N) is 1. The summed E-state index contributed by atoms with van der Waals surface area (Å²) in [6, 6.07) is 11.4. The lowest BCUT2D eigenvalue weighted by Gasteiger charge is -2.26. The minimum Gasteiger partial charge on any atom is -0.497 e. The molecule has 2 aromatic rings. The van der Waals surface area contributed by atoms with E-state index in [2.05, 4.69) is 39.9 Å². The molecule has 1 atom stereocenters. The summed E-state index contributed by atoms with van der Waals surface area (Å²) in [7, 11) is 3.23. The van der Waals surface area contributed by atoms with E-state index in [-0.39, 0.29) is 29.6 Å². The lowest BCUT2D eigenvalue weighted by Crippen LogP contribution is -2.22. The second-order valence-electron chi connectivity index (χ2n) is 9.48. The van der Waals surface area contributed by atoms with Crippen LogP contribution >= 0.6 is 0 Å². The van der Waals surface area contributed by atoms with E-state index in [1.165, 1.54) is 0 Å². The van der Waals surface area contributed by atoms with Crippen LogP contribution in [0.25, 0.3) is 0 Å². The fraction of sp³-hybridized carbons (Fsp3) is 0.462. The minimum absolute atomic E-state index is 0.0391. The summed E-state index contributed by atoms with van der Waals surface area (Å²) in [5, 5.41) is 3.09. The van der Waals surface area contributed by atoms with Crippen LogP contribution in [0.5, 0.6) is 11.5 Å². The molecule has 0 fully saturated rings. The average Bonchev–Trinajstić information content (AvgIpc) is 2.70. The fourth-order valence-corrected chi connectivity index (χ4v) is 3.89. The highest BCUT2D eigenvalue weighted by Crippen LogP contribution is 2.37. The van der Waals surface area contributed by atoms with E-state index in [0.29, 0.717) is 23.6 Å². The van der Waals surface area contributed by atoms with Gasteiger partial charge in [-0.3, -0.25) is 9.59 Å². The average molecular weight is 441 g/mol. The molecule has 1 unspecified atom stereocenters. The third-order valence-electron chi connectivity index (χ3n) is 5.59. The van der Waals surface area contributed by atoms with Gasteiger partial charge in [0, 0.05) is 18.2 Å². The number of ether oxygens (including phenoxy) is 2. The van der Waals surface area contributed by atoms with E-state index in [1.54, 1.807) is 14.2 Å². The predicted octanol–water partition coefficient (Wildman–Crippen LogP) is 4.80. The molecule has 0 aromatic heterocycles. The Hall–Kier alpha value is -3.02. The van der Waals surface area contributed by atoms with E-state index in [0.717, 1.165) is 16.7 Å². The standard InChI is InChI=1S/C26H36N2O4/c1-16(2)20(19-10-9-18(31-6)14-23(19)32-7)15-25(30)28-22-12-17(13-24(27)29)8-11-21(22)26(3,4)5/h8-12,14,16,20H,13,15H2,1-7H3,(H2,27,29)(H,28,30). The Labute approximate surface area is 191 Å². The van der Waals surface area contributed by atoms with Crippen LogP contribution in [-0.4, -0.2) is 26.0 Å². The van der Waals surface area contributed by atoms with Gasteiger partial charge in [0.1, 0.15) is 11.5 Å². The number of anilines is 1. The maximum atomic E-state index is 13.2. The quantitative estimate of drug-likeness (QED) is 0.586. The summed E-state index contributed by atoms with van der Waals surface area (Å²) in [6.07, 6.45) is 0.426. The van der Waals surface area contributed by atoms with Gasteiger partial charge in [0.15, 0.2) is 0 Å². The molecule has 174 valence electrons. The first kappa shape index (κ1) is 25.2. The molecule has 2 aromatic carbocycles. The SMILES string of the molecule is COc1ccc(C(CC(=O)Nc2cc(CC(N)=O)ccc2C(C)(C)C)C(C)C)c(OC)c1. The predicted molar refractivity (Wildman–Crippen MR) is 128 cm³/mol. The Morgan fingerprint density at radius 1 is 1.03 bits per heavy atom. The van der Waals surface area contributed by atoms with Gasteiger partial charge in [0.2, 0.25) is 11.8 Å². The maximum Gasteiger partial charge on any atom is 0.225 e. The third kappa shape index (κ3) is 6.49. The Kier molecular flexibility index (Phi) is 8.31. The van der Waals surface area contributed by atoms with Gasteiger partial charge in [0.05, 0.1) is 20.6 Å². The Bertz CT molecular complexity index is 961. The van der Waals surface area contributed by atoms with Gasteiger partial charge in [-0.1, -0.05) is 52.8 Å². The fourth-order valence-electron chi connectivity index (χ4n) is 3.89. The molecule has 0 saturated carbocycles. The van der Waals surface area contributed by atoms with Gasteiger partial charge in [-0.2, -0.15) is 0 Å². The van der Waals surface area contributed by atoms with Crippen LogP contribution in [0.1, 0.15) is 63.6 Å². The number of hydrogen-bond acceptors (Lipinski definition) is 4. The van der Waals surface area contributed by atoms with Crippen molar-refractivity contribution in [2.75, 3.05) is 19.5 Å². The molecular weight excluding hydrogens is 404 g/mol. The molecular formula is C26H36N2O4. The highest BCUT2D eigenvalue weighted by Gasteiger charge is 2.25. The largest absolute Gasteiger partial charge is 0.497 e. The summed E-state index contributed by atoms with van der Waals surface area (Å²) in [5.74, 6) is 1.09. The molecule has 0 aliphatic carbocycles. The summed E-state index contributed by atoms with van der Waals surface area (Å²) >= 11 is 0. The summed E-state index contributed by atoms with van der Waals surface area (Å²) in [5.41, 5.74) is 8.65. The molecule has 0 heterocycles. The van der Waals surface area contributed by atoms with Crippen molar-refractivity contribution in [2.24, 2.45) is 11.7 Å². The molecule has 32 heavy (non-hydrogen) atoms. The smallest absolute Gasteiger partial charge is 0.225 e. The molecule has 0 aliphatic heterocycles. The summed E-state index contributed by atoms with van der Waals surface area (Å²) in [6.45, 7) is 10.5. The lowest BCUT2D eigenvalue weighted by atomic mass is 9.83. The van der Waals surface area contributed by atoms with Crippen molar-refractivity contribution in [3.63, 3.8) is 0 Å². The van der Waals surface area contributed by atoms with Crippen LogP contribution in [0.15, 0.2) is 36.4 Å². The molecule has 2 amide bonds. The number of methoxy groups -OCH3 is 2. The number of hydrogen-bond donors (Lipinski definition) is 2. The highest BCUT2D eigenvalue weighted by atomic mass is 16.5. The summed E-state index contributed by atoms with van der Waals surface area (Å²) in [4.78, 5) is 24.5. The van der Waals surface area contributed by atoms with Crippen molar-refractivity contribution in [1.29, 1.82) is 0 Å². The van der Waals surface area contributed by atoms with Crippen molar-refractivity contribution < 1.29 is 19.1 Å². The van der Waals surface area contributed by atoms with Crippen LogP contribution in [0.2, 0.25) is 0 Å². The van der Waals surface area contributed by atoms with Gasteiger partial charge >= 0.3 is 0 Å². The Morgan fingerprint density at radius 2 is 1.72 bits per heavy atom. The van der Waals surface area contributed by atoms with Crippen molar-refractivity contribution in [2.45, 2.75) is 58.8 Å². The van der Waals surface area contributed by atoms with Crippen molar-refractivity contribution in [1.82, 2.24) is 0 Å². The number of primary amides is 1. The van der Waals surface area contributed by atoms with E-state index < -0.39 is 5.91 Å². The molecule has 3 N–H and O–H groups in total. The molecule has 0 bridgehead atoms. The number of amides is 2. The third-order valence-corrected chi connectivity index (χ3v) is 5.59. The first-order chi connectivity index (χ1) is 15.0. The highest BCUT2D eigenvalue weighted by molar-refractivity contribution is 5.92. The normalized spacial score (nSPS) is 12.4. The topological polar surface area (TPSA) is 90.6 Å². The monoisotopic (exact) mass is 440 g/mol. The van der Waals surface area contributed by atoms with Crippen LogP contribution in [-0.2, 0) is 21.4 Å². The van der Waals surface area contributed by atoms with E-state index in [1.807, 2.05) is 36.4 Å². The molecule has 0 radical (unpaired) electrons. The van der Waals surface area contributed by atoms with E-state index in [4.69, 9.17) is 15.2 Å². The van der Waals surface area contributed by atoms with Gasteiger partial charge in [-0.25, -0.2) is 0 Å². The van der Waals surface area contributed by atoms with Crippen molar-refractivity contribution >= 4 is 17.5 Å². The van der Waals surface area contributed by atoms with Gasteiger partial charge in [-0.05, 0) is 46.1 Å². The van der Waals surface area contributed by atoms with Gasteiger partial charge in [0.25, 0.3) is 0 Å². The Morgan fingerprint density at radius 3 is 2.25 bits per heavy atom. The molecule has 0 spiro atoms. The zero-order valence-corrected chi connectivity index (χ0v) is 20.2. The molecule has 2 rings (SSSR count). The number of nitrogens with two attached hydrogens (primary N) is 1. The molecule has 0 aliphatic rings. The van der Waals surface area contributed by atoms with Crippen LogP contribution < -0.4 is 20.5 Å². The first-order valence-corrected chi connectivity index (χ1v) is 10.9. The first-order valence-electron chi connectivity index (χ1n) is 10.9. The summed E-state index contributed by atoms with van der Waals surface area (Å²) < 4.78 is 10.9. The number of benzene rings is 2.